The summed E-state index contributed by atoms with van der Waals surface area (Å²) in [5.41, 5.74) is 5.80. The molecule has 0 spiro atoms. The molecule has 7 heteroatoms. The van der Waals surface area contributed by atoms with Gasteiger partial charge < -0.3 is 10.5 Å². The van der Waals surface area contributed by atoms with E-state index in [0.717, 1.165) is 12.8 Å². The Morgan fingerprint density at radius 2 is 1.95 bits per heavy atom. The van der Waals surface area contributed by atoms with Crippen molar-refractivity contribution < 1.29 is 9.66 Å². The van der Waals surface area contributed by atoms with Crippen LogP contribution in [0, 0.1) is 15.5 Å². The normalized spacial score (nSPS) is 23.5. The van der Waals surface area contributed by atoms with Gasteiger partial charge >= 0.3 is 5.69 Å². The average molecular weight is 333 g/mol. The van der Waals surface area contributed by atoms with Crippen molar-refractivity contribution in [2.75, 3.05) is 0 Å². The van der Waals surface area contributed by atoms with E-state index in [2.05, 4.69) is 13.8 Å². The Balaban J connectivity index is 2.32. The van der Waals surface area contributed by atoms with Gasteiger partial charge in [0.25, 0.3) is 0 Å². The second kappa shape index (κ2) is 5.99. The van der Waals surface area contributed by atoms with Gasteiger partial charge in [-0.15, -0.1) is 0 Å². The monoisotopic (exact) mass is 332 g/mol. The third-order valence-corrected chi connectivity index (χ3v) is 5.35. The largest absolute Gasteiger partial charge is 0.483 e. The van der Waals surface area contributed by atoms with Crippen LogP contribution in [0.25, 0.3) is 0 Å². The molecule has 2 unspecified atom stereocenters. The first kappa shape index (κ1) is 16.3. The zero-order chi connectivity index (χ0) is 15.8. The van der Waals surface area contributed by atoms with Gasteiger partial charge in [-0.25, -0.2) is 0 Å². The van der Waals surface area contributed by atoms with Gasteiger partial charge in [-0.3, -0.25) is 10.1 Å². The third-order valence-electron chi connectivity index (χ3n) is 4.63. The summed E-state index contributed by atoms with van der Waals surface area (Å²) in [5.74, 6) is 0.151. The Labute approximate surface area is 133 Å². The maximum Gasteiger partial charge on any atom is 0.312 e. The minimum absolute atomic E-state index is 0.0549. The molecule has 1 aliphatic carbocycles. The summed E-state index contributed by atoms with van der Waals surface area (Å²) in [6.07, 6.45) is 2.27. The fourth-order valence-corrected chi connectivity index (χ4v) is 3.39. The van der Waals surface area contributed by atoms with Crippen molar-refractivity contribution in [2.24, 2.45) is 11.1 Å². The Bertz CT molecular complexity index is 561. The summed E-state index contributed by atoms with van der Waals surface area (Å²) in [6, 6.07) is 2.68. The lowest BCUT2D eigenvalue weighted by Crippen LogP contribution is -2.62. The first-order valence-corrected chi connectivity index (χ1v) is 7.67. The van der Waals surface area contributed by atoms with Crippen LogP contribution in [0.15, 0.2) is 12.1 Å². The molecule has 0 heterocycles. The van der Waals surface area contributed by atoms with Crippen LogP contribution in [-0.2, 0) is 0 Å². The van der Waals surface area contributed by atoms with Gasteiger partial charge in [0.15, 0.2) is 5.75 Å². The zero-order valence-electron chi connectivity index (χ0n) is 11.9. The number of nitro groups is 1. The minimum Gasteiger partial charge on any atom is -0.483 e. The van der Waals surface area contributed by atoms with Gasteiger partial charge in [-0.1, -0.05) is 37.0 Å². The van der Waals surface area contributed by atoms with Crippen molar-refractivity contribution in [2.45, 2.75) is 45.3 Å². The second-order valence-corrected chi connectivity index (χ2v) is 6.19. The number of rotatable bonds is 5. The number of hydrogen-bond acceptors (Lipinski definition) is 4. The molecule has 0 aromatic heterocycles. The third kappa shape index (κ3) is 2.70. The van der Waals surface area contributed by atoms with Crippen LogP contribution in [0.4, 0.5) is 5.69 Å². The lowest BCUT2D eigenvalue weighted by molar-refractivity contribution is -0.386. The molecule has 5 nitrogen and oxygen atoms in total. The standard InChI is InChI=1S/C14H18Cl2N2O3/c1-3-14(4-2)12(17)7-13(14)21-11-6-9(16)8(15)5-10(11)18(19)20/h5-6,12-13H,3-4,7,17H2,1-2H3. The lowest BCUT2D eigenvalue weighted by Gasteiger charge is -2.53. The van der Waals surface area contributed by atoms with E-state index in [1.165, 1.54) is 12.1 Å². The van der Waals surface area contributed by atoms with Gasteiger partial charge in [0.2, 0.25) is 0 Å². The predicted octanol–water partition coefficient (Wildman–Crippen LogP) is 4.19. The molecule has 1 aromatic rings. The van der Waals surface area contributed by atoms with Crippen molar-refractivity contribution >= 4 is 28.9 Å². The highest BCUT2D eigenvalue weighted by atomic mass is 35.5. The van der Waals surface area contributed by atoms with Gasteiger partial charge in [0, 0.05) is 30.0 Å². The molecule has 0 radical (unpaired) electrons. The maximum absolute atomic E-state index is 11.1. The Kier molecular flexibility index (Phi) is 4.66. The molecule has 2 N–H and O–H groups in total. The molecule has 2 rings (SSSR count). The van der Waals surface area contributed by atoms with Crippen molar-refractivity contribution in [1.82, 2.24) is 0 Å². The number of ether oxygens (including phenoxy) is 1. The second-order valence-electron chi connectivity index (χ2n) is 5.38. The van der Waals surface area contributed by atoms with Crippen LogP contribution in [-0.4, -0.2) is 17.1 Å². The van der Waals surface area contributed by atoms with Crippen LogP contribution in [0.1, 0.15) is 33.1 Å². The van der Waals surface area contributed by atoms with Crippen molar-refractivity contribution in [3.63, 3.8) is 0 Å². The SMILES string of the molecule is CCC1(CC)C(N)CC1Oc1cc(Cl)c(Cl)cc1[N+](=O)[O-]. The highest BCUT2D eigenvalue weighted by Gasteiger charge is 2.53. The van der Waals surface area contributed by atoms with Crippen LogP contribution in [0.2, 0.25) is 10.0 Å². The summed E-state index contributed by atoms with van der Waals surface area (Å²) in [5, 5.41) is 11.5. The van der Waals surface area contributed by atoms with Gasteiger partial charge in [-0.2, -0.15) is 0 Å². The van der Waals surface area contributed by atoms with E-state index in [4.69, 9.17) is 33.7 Å². The molecule has 1 aliphatic rings. The molecule has 21 heavy (non-hydrogen) atoms. The van der Waals surface area contributed by atoms with E-state index >= 15 is 0 Å². The summed E-state index contributed by atoms with van der Waals surface area (Å²) in [4.78, 5) is 10.6. The van der Waals surface area contributed by atoms with E-state index < -0.39 is 4.92 Å². The smallest absolute Gasteiger partial charge is 0.312 e. The topological polar surface area (TPSA) is 78.4 Å². The molecular weight excluding hydrogens is 315 g/mol. The number of nitrogens with two attached hydrogens (primary N) is 1. The van der Waals surface area contributed by atoms with Crippen molar-refractivity contribution in [1.29, 1.82) is 0 Å². The summed E-state index contributed by atoms with van der Waals surface area (Å²) in [7, 11) is 0. The molecule has 116 valence electrons. The van der Waals surface area contributed by atoms with Crippen LogP contribution >= 0.6 is 23.2 Å². The molecule has 1 aromatic carbocycles. The molecule has 1 fully saturated rings. The molecule has 1 saturated carbocycles. The number of nitrogens with zero attached hydrogens (tertiary/aromatic N) is 1. The van der Waals surface area contributed by atoms with Gasteiger partial charge in [0.05, 0.1) is 15.0 Å². The fraction of sp³-hybridized carbons (Fsp3) is 0.571. The number of nitro benzene ring substituents is 1. The molecule has 0 saturated heterocycles. The Morgan fingerprint density at radius 3 is 2.43 bits per heavy atom. The van der Waals surface area contributed by atoms with E-state index in [1.54, 1.807) is 0 Å². The highest BCUT2D eigenvalue weighted by molar-refractivity contribution is 6.42. The Morgan fingerprint density at radius 1 is 1.38 bits per heavy atom. The molecule has 2 atom stereocenters. The lowest BCUT2D eigenvalue weighted by atomic mass is 9.59. The Hall–Kier alpha value is -1.04. The first-order valence-electron chi connectivity index (χ1n) is 6.91. The highest BCUT2D eigenvalue weighted by Crippen LogP contribution is 2.49. The fourth-order valence-electron chi connectivity index (χ4n) is 3.08. The van der Waals surface area contributed by atoms with E-state index in [1.807, 2.05) is 0 Å². The van der Waals surface area contributed by atoms with E-state index in [-0.39, 0.29) is 39.0 Å². The summed E-state index contributed by atoms with van der Waals surface area (Å²) >= 11 is 11.8. The number of benzene rings is 1. The molecule has 0 bridgehead atoms. The minimum atomic E-state index is -0.518. The quantitative estimate of drug-likeness (QED) is 0.647. The van der Waals surface area contributed by atoms with Crippen molar-refractivity contribution in [3.05, 3.63) is 32.3 Å². The van der Waals surface area contributed by atoms with Crippen LogP contribution < -0.4 is 10.5 Å². The van der Waals surface area contributed by atoms with Crippen molar-refractivity contribution in [3.8, 4) is 5.75 Å². The zero-order valence-corrected chi connectivity index (χ0v) is 13.4. The molecule has 0 aliphatic heterocycles. The predicted molar refractivity (Wildman–Crippen MR) is 83.1 cm³/mol. The molecule has 0 amide bonds. The molecular formula is C14H18Cl2N2O3. The number of hydrogen-bond donors (Lipinski definition) is 1. The average Bonchev–Trinajstić information content (AvgIpc) is 2.43. The van der Waals surface area contributed by atoms with Gasteiger partial charge in [0.1, 0.15) is 6.10 Å². The van der Waals surface area contributed by atoms with Gasteiger partial charge in [-0.05, 0) is 12.8 Å². The van der Waals surface area contributed by atoms with Crippen LogP contribution in [0.5, 0.6) is 5.75 Å². The van der Waals surface area contributed by atoms with E-state index in [9.17, 15) is 10.1 Å². The van der Waals surface area contributed by atoms with Crippen LogP contribution in [0.3, 0.4) is 0 Å². The summed E-state index contributed by atoms with van der Waals surface area (Å²) < 4.78 is 5.88. The van der Waals surface area contributed by atoms with E-state index in [0.29, 0.717) is 6.42 Å². The summed E-state index contributed by atoms with van der Waals surface area (Å²) in [6.45, 7) is 4.12. The number of halogens is 2. The first-order chi connectivity index (χ1) is 9.85. The maximum atomic E-state index is 11.1.